The van der Waals surface area contributed by atoms with Crippen LogP contribution in [0.2, 0.25) is 10.0 Å². The molecule has 1 aliphatic rings. The Labute approximate surface area is 196 Å². The number of carbonyl (C=O) groups excluding carboxylic acids is 1. The molecule has 0 saturated heterocycles. The van der Waals surface area contributed by atoms with E-state index in [-0.39, 0.29) is 6.03 Å². The largest absolute Gasteiger partial charge is 0.385 e. The number of nitrogens with zero attached hydrogens (tertiary/aromatic N) is 3. The molecule has 4 rings (SSSR count). The van der Waals surface area contributed by atoms with Gasteiger partial charge in [0.1, 0.15) is 0 Å². The van der Waals surface area contributed by atoms with Gasteiger partial charge in [0.2, 0.25) is 5.82 Å². The minimum absolute atomic E-state index is 0.197. The van der Waals surface area contributed by atoms with E-state index in [9.17, 15) is 4.79 Å². The molecular formula is C23H22Cl2N4O3. The molecule has 0 aliphatic carbocycles. The minimum atomic E-state index is -0.467. The maximum Gasteiger partial charge on any atom is 0.322 e. The molecule has 1 atom stereocenters. The number of hydrogen-bond donors (Lipinski definition) is 1. The zero-order valence-corrected chi connectivity index (χ0v) is 19.2. The Morgan fingerprint density at radius 1 is 1.16 bits per heavy atom. The summed E-state index contributed by atoms with van der Waals surface area (Å²) in [5, 5.41) is 8.40. The van der Waals surface area contributed by atoms with Gasteiger partial charge in [-0.15, -0.1) is 0 Å². The molecule has 0 bridgehead atoms. The maximum atomic E-state index is 12.9. The van der Waals surface area contributed by atoms with Gasteiger partial charge in [-0.3, -0.25) is 4.90 Å². The molecule has 9 heteroatoms. The summed E-state index contributed by atoms with van der Waals surface area (Å²) in [5.74, 6) is 0.745. The molecule has 0 saturated carbocycles. The number of methoxy groups -OCH3 is 1. The number of ether oxygens (including phenoxy) is 1. The lowest BCUT2D eigenvalue weighted by molar-refractivity contribution is 0.174. The first-order chi connectivity index (χ1) is 15.5. The maximum absolute atomic E-state index is 12.9. The second kappa shape index (κ2) is 9.73. The molecule has 7 nitrogen and oxygen atoms in total. The molecule has 2 amide bonds. The van der Waals surface area contributed by atoms with Gasteiger partial charge >= 0.3 is 6.03 Å². The van der Waals surface area contributed by atoms with Crippen LogP contribution in [0.15, 0.2) is 58.8 Å². The van der Waals surface area contributed by atoms with Crippen molar-refractivity contribution < 1.29 is 14.1 Å². The number of carbonyl (C=O) groups is 1. The second-order valence-electron chi connectivity index (χ2n) is 7.36. The van der Waals surface area contributed by atoms with Gasteiger partial charge in [0, 0.05) is 41.6 Å². The van der Waals surface area contributed by atoms with Crippen molar-refractivity contribution in [2.75, 3.05) is 20.3 Å². The van der Waals surface area contributed by atoms with Crippen molar-refractivity contribution in [3.8, 4) is 11.4 Å². The van der Waals surface area contributed by atoms with Crippen LogP contribution in [-0.4, -0.2) is 41.3 Å². The van der Waals surface area contributed by atoms with Crippen molar-refractivity contribution in [1.29, 1.82) is 0 Å². The van der Waals surface area contributed by atoms with Gasteiger partial charge in [-0.2, -0.15) is 4.98 Å². The lowest BCUT2D eigenvalue weighted by Gasteiger charge is -2.35. The van der Waals surface area contributed by atoms with Crippen LogP contribution in [0.5, 0.6) is 0 Å². The third kappa shape index (κ3) is 4.65. The Bertz CT molecular complexity index is 1140. The molecule has 1 aliphatic heterocycles. The highest BCUT2D eigenvalue weighted by Crippen LogP contribution is 2.37. The first-order valence-electron chi connectivity index (χ1n) is 10.1. The van der Waals surface area contributed by atoms with E-state index in [1.54, 1.807) is 36.3 Å². The van der Waals surface area contributed by atoms with Crippen LogP contribution < -0.4 is 5.32 Å². The highest BCUT2D eigenvalue weighted by molar-refractivity contribution is 6.31. The van der Waals surface area contributed by atoms with E-state index in [1.807, 2.05) is 31.2 Å². The van der Waals surface area contributed by atoms with Crippen LogP contribution in [0.4, 0.5) is 4.79 Å². The van der Waals surface area contributed by atoms with E-state index in [0.29, 0.717) is 41.3 Å². The van der Waals surface area contributed by atoms with Crippen LogP contribution >= 0.6 is 23.2 Å². The van der Waals surface area contributed by atoms with E-state index >= 15 is 0 Å². The van der Waals surface area contributed by atoms with Gasteiger partial charge in [0.25, 0.3) is 5.89 Å². The summed E-state index contributed by atoms with van der Waals surface area (Å²) in [6.45, 7) is 2.93. The summed E-state index contributed by atoms with van der Waals surface area (Å²) in [6, 6.07) is 13.9. The lowest BCUT2D eigenvalue weighted by atomic mass is 9.94. The predicted octanol–water partition coefficient (Wildman–Crippen LogP) is 5.58. The van der Waals surface area contributed by atoms with Crippen LogP contribution in [0.3, 0.4) is 0 Å². The van der Waals surface area contributed by atoms with Gasteiger partial charge in [-0.05, 0) is 43.2 Å². The van der Waals surface area contributed by atoms with Gasteiger partial charge in [0.15, 0.2) is 0 Å². The Hall–Kier alpha value is -2.87. The molecule has 1 aromatic heterocycles. The molecule has 2 aromatic carbocycles. The smallest absolute Gasteiger partial charge is 0.322 e. The number of nitrogens with one attached hydrogen (secondary N) is 1. The third-order valence-corrected chi connectivity index (χ3v) is 5.76. The van der Waals surface area contributed by atoms with Crippen molar-refractivity contribution in [1.82, 2.24) is 20.4 Å². The summed E-state index contributed by atoms with van der Waals surface area (Å²) in [4.78, 5) is 19.2. The molecule has 0 fully saturated rings. The molecule has 32 heavy (non-hydrogen) atoms. The number of halogens is 2. The fourth-order valence-electron chi connectivity index (χ4n) is 3.68. The Balaban J connectivity index is 1.77. The average molecular weight is 473 g/mol. The molecule has 3 aromatic rings. The highest BCUT2D eigenvalue weighted by Gasteiger charge is 2.35. The number of aromatic nitrogens is 2. The summed E-state index contributed by atoms with van der Waals surface area (Å²) in [5.41, 5.74) is 3.07. The first kappa shape index (κ1) is 22.3. The molecule has 166 valence electrons. The van der Waals surface area contributed by atoms with E-state index in [4.69, 9.17) is 32.5 Å². The minimum Gasteiger partial charge on any atom is -0.385 e. The quantitative estimate of drug-likeness (QED) is 0.454. The van der Waals surface area contributed by atoms with E-state index in [0.717, 1.165) is 22.4 Å². The van der Waals surface area contributed by atoms with Crippen LogP contribution in [0, 0.1) is 0 Å². The molecule has 2 heterocycles. The first-order valence-corrected chi connectivity index (χ1v) is 10.9. The predicted molar refractivity (Wildman–Crippen MR) is 123 cm³/mol. The standard InChI is InChI=1S/C23H22Cl2N4O3/c1-14-19(22-27-21(28-32-22)16-5-3-6-18(25)13-16)20(15-7-9-17(24)10-8-15)26-23(30)29(14)11-4-12-31-2/h3,5-10,13,20H,4,11-12H2,1-2H3,(H,26,30). The van der Waals surface area contributed by atoms with Crippen LogP contribution in [-0.2, 0) is 4.74 Å². The van der Waals surface area contributed by atoms with E-state index < -0.39 is 6.04 Å². The van der Waals surface area contributed by atoms with Gasteiger partial charge in [-0.25, -0.2) is 4.79 Å². The second-order valence-corrected chi connectivity index (χ2v) is 8.24. The zero-order valence-electron chi connectivity index (χ0n) is 17.6. The Morgan fingerprint density at radius 3 is 2.66 bits per heavy atom. The van der Waals surface area contributed by atoms with E-state index in [1.165, 1.54) is 0 Å². The molecule has 0 spiro atoms. The fourth-order valence-corrected chi connectivity index (χ4v) is 3.99. The van der Waals surface area contributed by atoms with Gasteiger partial charge < -0.3 is 14.6 Å². The number of rotatable bonds is 7. The number of allylic oxidation sites excluding steroid dienone is 1. The number of hydrogen-bond acceptors (Lipinski definition) is 5. The molecule has 1 N–H and O–H groups in total. The van der Waals surface area contributed by atoms with Gasteiger partial charge in [-0.1, -0.05) is 52.6 Å². The Morgan fingerprint density at radius 2 is 1.94 bits per heavy atom. The SMILES string of the molecule is COCCCN1C(=O)NC(c2ccc(Cl)cc2)C(c2nc(-c3cccc(Cl)c3)no2)=C1C. The van der Waals surface area contributed by atoms with Crippen LogP contribution in [0.25, 0.3) is 17.0 Å². The molecular weight excluding hydrogens is 451 g/mol. The average Bonchev–Trinajstić information content (AvgIpc) is 3.26. The number of amides is 2. The third-order valence-electron chi connectivity index (χ3n) is 5.27. The van der Waals surface area contributed by atoms with Crippen molar-refractivity contribution in [2.45, 2.75) is 19.4 Å². The van der Waals surface area contributed by atoms with Crippen molar-refractivity contribution >= 4 is 34.8 Å². The van der Waals surface area contributed by atoms with Crippen LogP contribution in [0.1, 0.15) is 30.8 Å². The normalized spacial score (nSPS) is 16.4. The fraction of sp³-hybridized carbons (Fsp3) is 0.261. The summed E-state index contributed by atoms with van der Waals surface area (Å²) >= 11 is 12.2. The summed E-state index contributed by atoms with van der Waals surface area (Å²) in [7, 11) is 1.64. The topological polar surface area (TPSA) is 80.5 Å². The summed E-state index contributed by atoms with van der Waals surface area (Å²) < 4.78 is 10.8. The lowest BCUT2D eigenvalue weighted by Crippen LogP contribution is -2.46. The highest BCUT2D eigenvalue weighted by atomic mass is 35.5. The van der Waals surface area contributed by atoms with Crippen molar-refractivity contribution in [2.24, 2.45) is 0 Å². The van der Waals surface area contributed by atoms with Gasteiger partial charge in [0.05, 0.1) is 11.6 Å². The zero-order chi connectivity index (χ0) is 22.7. The van der Waals surface area contributed by atoms with E-state index in [2.05, 4.69) is 15.5 Å². The Kier molecular flexibility index (Phi) is 6.79. The number of benzene rings is 2. The summed E-state index contributed by atoms with van der Waals surface area (Å²) in [6.07, 6.45) is 0.692. The number of urea groups is 1. The monoisotopic (exact) mass is 472 g/mol. The van der Waals surface area contributed by atoms with Crippen molar-refractivity contribution in [3.05, 3.63) is 75.7 Å². The molecule has 1 unspecified atom stereocenters. The van der Waals surface area contributed by atoms with Crippen molar-refractivity contribution in [3.63, 3.8) is 0 Å². The molecule has 0 radical (unpaired) electrons.